The minimum atomic E-state index is -3.45. The first-order valence-electron chi connectivity index (χ1n) is 9.44. The number of rotatable bonds is 7. The van der Waals surface area contributed by atoms with Crippen LogP contribution in [0.3, 0.4) is 0 Å². The maximum absolute atomic E-state index is 12.7. The molecule has 0 aromatic heterocycles. The van der Waals surface area contributed by atoms with Gasteiger partial charge in [0.15, 0.2) is 0 Å². The summed E-state index contributed by atoms with van der Waals surface area (Å²) in [6.07, 6.45) is 1.81. The Morgan fingerprint density at radius 3 is 2.50 bits per heavy atom. The number of sulfonamides is 1. The van der Waals surface area contributed by atoms with Gasteiger partial charge in [-0.25, -0.2) is 8.42 Å². The molecule has 2 aromatic rings. The van der Waals surface area contributed by atoms with Gasteiger partial charge in [-0.2, -0.15) is 4.31 Å². The lowest BCUT2D eigenvalue weighted by molar-refractivity contribution is -0.122. The van der Waals surface area contributed by atoms with Crippen LogP contribution in [-0.2, 0) is 21.4 Å². The summed E-state index contributed by atoms with van der Waals surface area (Å²) in [5.41, 5.74) is 0.983. The van der Waals surface area contributed by atoms with Crippen LogP contribution in [0.2, 0.25) is 0 Å². The second-order valence-corrected chi connectivity index (χ2v) is 8.93. The Labute approximate surface area is 166 Å². The third kappa shape index (κ3) is 5.11. The average molecular weight is 403 g/mol. The molecule has 1 amide bonds. The van der Waals surface area contributed by atoms with E-state index in [1.165, 1.54) is 4.31 Å². The van der Waals surface area contributed by atoms with E-state index >= 15 is 0 Å². The van der Waals surface area contributed by atoms with Crippen molar-refractivity contribution < 1.29 is 17.9 Å². The van der Waals surface area contributed by atoms with E-state index in [0.29, 0.717) is 43.8 Å². The zero-order valence-electron chi connectivity index (χ0n) is 16.0. The fourth-order valence-corrected chi connectivity index (χ4v) is 4.90. The van der Waals surface area contributed by atoms with E-state index < -0.39 is 10.0 Å². The zero-order chi connectivity index (χ0) is 20.0. The standard InChI is InChI=1S/C21H26N2O4S/c1-27-19-7-5-6-18(14-19)16-22-21(24)15-17-10-12-23(13-11-17)28(25,26)20-8-3-2-4-9-20/h2-9,14,17H,10-13,15-16H2,1H3,(H,22,24). The van der Waals surface area contributed by atoms with Gasteiger partial charge in [-0.15, -0.1) is 0 Å². The number of carbonyl (C=O) groups is 1. The van der Waals surface area contributed by atoms with Gasteiger partial charge < -0.3 is 10.1 Å². The van der Waals surface area contributed by atoms with Crippen LogP contribution in [0.25, 0.3) is 0 Å². The molecule has 1 fully saturated rings. The topological polar surface area (TPSA) is 75.7 Å². The predicted octanol–water partition coefficient (Wildman–Crippen LogP) is 2.80. The summed E-state index contributed by atoms with van der Waals surface area (Å²) in [5, 5.41) is 2.94. The molecule has 0 saturated carbocycles. The van der Waals surface area contributed by atoms with Gasteiger partial charge in [-0.05, 0) is 48.6 Å². The van der Waals surface area contributed by atoms with E-state index in [1.807, 2.05) is 24.3 Å². The molecule has 0 aliphatic carbocycles. The normalized spacial score (nSPS) is 15.9. The summed E-state index contributed by atoms with van der Waals surface area (Å²) < 4.78 is 32.0. The quantitative estimate of drug-likeness (QED) is 0.773. The van der Waals surface area contributed by atoms with Crippen molar-refractivity contribution in [2.75, 3.05) is 20.2 Å². The van der Waals surface area contributed by atoms with E-state index in [2.05, 4.69) is 5.32 Å². The number of ether oxygens (including phenoxy) is 1. The molecule has 1 heterocycles. The Morgan fingerprint density at radius 2 is 1.82 bits per heavy atom. The molecule has 0 atom stereocenters. The first-order valence-corrected chi connectivity index (χ1v) is 10.9. The van der Waals surface area contributed by atoms with E-state index in [4.69, 9.17) is 4.74 Å². The molecule has 0 spiro atoms. The molecule has 1 aliphatic rings. The van der Waals surface area contributed by atoms with Gasteiger partial charge in [0.25, 0.3) is 0 Å². The molecule has 7 heteroatoms. The van der Waals surface area contributed by atoms with Gasteiger partial charge in [0.1, 0.15) is 5.75 Å². The highest BCUT2D eigenvalue weighted by atomic mass is 32.2. The minimum Gasteiger partial charge on any atom is -0.497 e. The van der Waals surface area contributed by atoms with Crippen molar-refractivity contribution in [3.63, 3.8) is 0 Å². The van der Waals surface area contributed by atoms with Gasteiger partial charge in [0.2, 0.25) is 15.9 Å². The number of piperidine rings is 1. The Hall–Kier alpha value is -2.38. The highest BCUT2D eigenvalue weighted by Gasteiger charge is 2.29. The highest BCUT2D eigenvalue weighted by Crippen LogP contribution is 2.25. The van der Waals surface area contributed by atoms with Crippen LogP contribution in [-0.4, -0.2) is 38.8 Å². The summed E-state index contributed by atoms with van der Waals surface area (Å²) in [6.45, 7) is 1.35. The lowest BCUT2D eigenvalue weighted by Gasteiger charge is -2.31. The monoisotopic (exact) mass is 402 g/mol. The van der Waals surface area contributed by atoms with E-state index in [1.54, 1.807) is 37.4 Å². The van der Waals surface area contributed by atoms with Crippen LogP contribution in [0.1, 0.15) is 24.8 Å². The van der Waals surface area contributed by atoms with Crippen molar-refractivity contribution in [1.82, 2.24) is 9.62 Å². The zero-order valence-corrected chi connectivity index (χ0v) is 16.8. The summed E-state index contributed by atoms with van der Waals surface area (Å²) in [7, 11) is -1.83. The fourth-order valence-electron chi connectivity index (χ4n) is 3.41. The molecule has 1 N–H and O–H groups in total. The van der Waals surface area contributed by atoms with Crippen molar-refractivity contribution in [3.8, 4) is 5.75 Å². The minimum absolute atomic E-state index is 0.00723. The van der Waals surface area contributed by atoms with Crippen LogP contribution < -0.4 is 10.1 Å². The molecule has 6 nitrogen and oxygen atoms in total. The summed E-state index contributed by atoms with van der Waals surface area (Å²) >= 11 is 0. The third-order valence-electron chi connectivity index (χ3n) is 5.05. The maximum atomic E-state index is 12.7. The van der Waals surface area contributed by atoms with Crippen molar-refractivity contribution in [1.29, 1.82) is 0 Å². The molecule has 3 rings (SSSR count). The van der Waals surface area contributed by atoms with Crippen LogP contribution >= 0.6 is 0 Å². The van der Waals surface area contributed by atoms with Gasteiger partial charge >= 0.3 is 0 Å². The molecule has 2 aromatic carbocycles. The lowest BCUT2D eigenvalue weighted by atomic mass is 9.94. The van der Waals surface area contributed by atoms with Crippen LogP contribution in [0.4, 0.5) is 0 Å². The second kappa shape index (κ2) is 9.21. The van der Waals surface area contributed by atoms with Crippen molar-refractivity contribution >= 4 is 15.9 Å². The second-order valence-electron chi connectivity index (χ2n) is 6.99. The van der Waals surface area contributed by atoms with Crippen LogP contribution in [0.5, 0.6) is 5.75 Å². The molecule has 1 saturated heterocycles. The van der Waals surface area contributed by atoms with Crippen LogP contribution in [0.15, 0.2) is 59.5 Å². The number of nitrogens with zero attached hydrogens (tertiary/aromatic N) is 1. The molecule has 0 radical (unpaired) electrons. The lowest BCUT2D eigenvalue weighted by Crippen LogP contribution is -2.39. The van der Waals surface area contributed by atoms with Crippen LogP contribution in [0, 0.1) is 5.92 Å². The number of carbonyl (C=O) groups excluding carboxylic acids is 1. The Balaban J connectivity index is 1.47. The van der Waals surface area contributed by atoms with Gasteiger partial charge in [-0.3, -0.25) is 4.79 Å². The predicted molar refractivity (Wildman–Crippen MR) is 107 cm³/mol. The molecule has 0 bridgehead atoms. The Bertz CT molecular complexity index is 892. The molecule has 150 valence electrons. The molecular weight excluding hydrogens is 376 g/mol. The van der Waals surface area contributed by atoms with Crippen molar-refractivity contribution in [3.05, 3.63) is 60.2 Å². The maximum Gasteiger partial charge on any atom is 0.243 e. The molecule has 0 unspecified atom stereocenters. The van der Waals surface area contributed by atoms with Crippen molar-refractivity contribution in [2.24, 2.45) is 5.92 Å². The number of nitrogens with one attached hydrogen (secondary N) is 1. The molecular formula is C21H26N2O4S. The molecule has 28 heavy (non-hydrogen) atoms. The summed E-state index contributed by atoms with van der Waals surface area (Å²) in [6, 6.07) is 16.1. The number of hydrogen-bond donors (Lipinski definition) is 1. The van der Waals surface area contributed by atoms with Gasteiger partial charge in [0.05, 0.1) is 12.0 Å². The number of benzene rings is 2. The van der Waals surface area contributed by atoms with Gasteiger partial charge in [-0.1, -0.05) is 30.3 Å². The SMILES string of the molecule is COc1cccc(CNC(=O)CC2CCN(S(=O)(=O)c3ccccc3)CC2)c1. The Kier molecular flexibility index (Phi) is 6.70. The van der Waals surface area contributed by atoms with E-state index in [0.717, 1.165) is 11.3 Å². The van der Waals surface area contributed by atoms with E-state index in [9.17, 15) is 13.2 Å². The summed E-state index contributed by atoms with van der Waals surface area (Å²) in [4.78, 5) is 12.6. The largest absolute Gasteiger partial charge is 0.497 e. The number of amides is 1. The van der Waals surface area contributed by atoms with Gasteiger partial charge in [0, 0.05) is 26.1 Å². The Morgan fingerprint density at radius 1 is 1.11 bits per heavy atom. The average Bonchev–Trinajstić information content (AvgIpc) is 2.73. The first-order chi connectivity index (χ1) is 13.5. The van der Waals surface area contributed by atoms with Crippen molar-refractivity contribution in [2.45, 2.75) is 30.7 Å². The molecule has 1 aliphatic heterocycles. The highest BCUT2D eigenvalue weighted by molar-refractivity contribution is 7.89. The van der Waals surface area contributed by atoms with E-state index in [-0.39, 0.29) is 11.8 Å². The number of hydrogen-bond acceptors (Lipinski definition) is 4. The smallest absolute Gasteiger partial charge is 0.243 e. The fraction of sp³-hybridized carbons (Fsp3) is 0.381. The first kappa shape index (κ1) is 20.4. The number of methoxy groups -OCH3 is 1. The summed E-state index contributed by atoms with van der Waals surface area (Å²) in [5.74, 6) is 0.957. The third-order valence-corrected chi connectivity index (χ3v) is 6.97.